The molecule has 1 heterocycles. The van der Waals surface area contributed by atoms with Crippen molar-refractivity contribution in [3.8, 4) is 0 Å². The smallest absolute Gasteiger partial charge is 0.234 e. The Hall–Kier alpha value is -2.54. The summed E-state index contributed by atoms with van der Waals surface area (Å²) in [5, 5.41) is 9.46. The molecule has 29 heavy (non-hydrogen) atoms. The van der Waals surface area contributed by atoms with Crippen LogP contribution in [0.15, 0.2) is 48.5 Å². The lowest BCUT2D eigenvalue weighted by Gasteiger charge is -2.56. The van der Waals surface area contributed by atoms with Gasteiger partial charge >= 0.3 is 0 Å². The fourth-order valence-electron chi connectivity index (χ4n) is 6.08. The Balaban J connectivity index is 1.89. The van der Waals surface area contributed by atoms with Crippen molar-refractivity contribution in [1.82, 2.24) is 4.90 Å². The first-order valence-corrected chi connectivity index (χ1v) is 9.83. The summed E-state index contributed by atoms with van der Waals surface area (Å²) in [6.07, 6.45) is -0.746. The van der Waals surface area contributed by atoms with Crippen LogP contribution in [0.2, 0.25) is 0 Å². The summed E-state index contributed by atoms with van der Waals surface area (Å²) in [6.45, 7) is -0.253. The summed E-state index contributed by atoms with van der Waals surface area (Å²) >= 11 is 0. The van der Waals surface area contributed by atoms with E-state index in [1.54, 1.807) is 14.2 Å². The molecule has 0 saturated carbocycles. The third kappa shape index (κ3) is 2.06. The molecule has 1 saturated heterocycles. The second kappa shape index (κ2) is 6.49. The zero-order valence-corrected chi connectivity index (χ0v) is 16.4. The molecule has 150 valence electrons. The van der Waals surface area contributed by atoms with Crippen LogP contribution in [0.5, 0.6) is 0 Å². The van der Waals surface area contributed by atoms with Gasteiger partial charge in [-0.05, 0) is 22.3 Å². The van der Waals surface area contributed by atoms with Crippen LogP contribution in [0, 0.1) is 11.8 Å². The zero-order chi connectivity index (χ0) is 20.3. The van der Waals surface area contributed by atoms with Crippen molar-refractivity contribution in [2.24, 2.45) is 11.8 Å². The molecule has 2 aromatic carbocycles. The Morgan fingerprint density at radius 1 is 0.966 bits per heavy atom. The Labute approximate surface area is 169 Å². The van der Waals surface area contributed by atoms with Gasteiger partial charge in [0.2, 0.25) is 11.8 Å². The molecule has 6 heteroatoms. The van der Waals surface area contributed by atoms with Gasteiger partial charge in [-0.2, -0.15) is 0 Å². The second-order valence-corrected chi connectivity index (χ2v) is 7.88. The number of rotatable bonds is 5. The van der Waals surface area contributed by atoms with Crippen LogP contribution in [-0.4, -0.2) is 55.5 Å². The molecule has 0 aromatic heterocycles. The van der Waals surface area contributed by atoms with Gasteiger partial charge in [0.25, 0.3) is 0 Å². The van der Waals surface area contributed by atoms with E-state index in [-0.39, 0.29) is 30.9 Å². The number of nitrogens with zero attached hydrogens (tertiary/aromatic N) is 1. The van der Waals surface area contributed by atoms with Crippen LogP contribution in [0.25, 0.3) is 0 Å². The summed E-state index contributed by atoms with van der Waals surface area (Å²) in [5.41, 5.74) is 3.10. The van der Waals surface area contributed by atoms with Crippen molar-refractivity contribution in [3.05, 3.63) is 70.8 Å². The molecule has 2 amide bonds. The van der Waals surface area contributed by atoms with Gasteiger partial charge in [0.05, 0.1) is 30.4 Å². The molecule has 2 aromatic rings. The average molecular weight is 393 g/mol. The molecule has 3 aliphatic carbocycles. The quantitative estimate of drug-likeness (QED) is 0.618. The summed E-state index contributed by atoms with van der Waals surface area (Å²) in [7, 11) is 3.13. The largest absolute Gasteiger partial charge is 0.395 e. The molecule has 4 aliphatic rings. The predicted octanol–water partition coefficient (Wildman–Crippen LogP) is 1.64. The van der Waals surface area contributed by atoms with Gasteiger partial charge in [-0.1, -0.05) is 48.5 Å². The van der Waals surface area contributed by atoms with Gasteiger partial charge in [-0.3, -0.25) is 14.5 Å². The molecule has 1 fully saturated rings. The maximum atomic E-state index is 13.6. The lowest BCUT2D eigenvalue weighted by molar-refractivity contribution is -0.169. The van der Waals surface area contributed by atoms with Crippen molar-refractivity contribution in [3.63, 3.8) is 0 Å². The maximum Gasteiger partial charge on any atom is 0.234 e. The van der Waals surface area contributed by atoms with Gasteiger partial charge in [-0.25, -0.2) is 0 Å². The number of amides is 2. The fraction of sp³-hybridized carbons (Fsp3) is 0.391. The summed E-state index contributed by atoms with van der Waals surface area (Å²) in [6, 6.07) is 15.9. The van der Waals surface area contributed by atoms with E-state index < -0.39 is 23.5 Å². The van der Waals surface area contributed by atoms with Crippen LogP contribution < -0.4 is 0 Å². The summed E-state index contributed by atoms with van der Waals surface area (Å²) < 4.78 is 11.6. The van der Waals surface area contributed by atoms with Crippen LogP contribution in [0.3, 0.4) is 0 Å². The highest BCUT2D eigenvalue weighted by Gasteiger charge is 2.70. The van der Waals surface area contributed by atoms with E-state index in [4.69, 9.17) is 9.47 Å². The van der Waals surface area contributed by atoms with E-state index >= 15 is 0 Å². The number of aliphatic hydroxyl groups is 1. The van der Waals surface area contributed by atoms with E-state index in [2.05, 4.69) is 0 Å². The average Bonchev–Trinajstić information content (AvgIpc) is 3.01. The summed E-state index contributed by atoms with van der Waals surface area (Å²) in [5.74, 6) is -1.86. The Bertz CT molecular complexity index is 951. The molecule has 2 atom stereocenters. The van der Waals surface area contributed by atoms with E-state index in [1.165, 1.54) is 4.90 Å². The van der Waals surface area contributed by atoms with Crippen molar-refractivity contribution in [1.29, 1.82) is 0 Å². The fourth-order valence-corrected chi connectivity index (χ4v) is 6.08. The number of benzene rings is 2. The number of likely N-dealkylation sites (tertiary alicyclic amines) is 1. The molecule has 2 bridgehead atoms. The molecule has 0 radical (unpaired) electrons. The molecular weight excluding hydrogens is 370 g/mol. The van der Waals surface area contributed by atoms with Crippen LogP contribution in [0.4, 0.5) is 0 Å². The zero-order valence-electron chi connectivity index (χ0n) is 16.4. The normalized spacial score (nSPS) is 29.2. The Morgan fingerprint density at radius 3 is 2.03 bits per heavy atom. The number of hydrogen-bond donors (Lipinski definition) is 1. The number of carbonyl (C=O) groups excluding carboxylic acids is 2. The van der Waals surface area contributed by atoms with Crippen molar-refractivity contribution in [2.45, 2.75) is 17.6 Å². The van der Waals surface area contributed by atoms with Gasteiger partial charge in [-0.15, -0.1) is 0 Å². The Kier molecular flexibility index (Phi) is 4.13. The highest BCUT2D eigenvalue weighted by atomic mass is 16.7. The maximum absolute atomic E-state index is 13.6. The van der Waals surface area contributed by atoms with Gasteiger partial charge in [0.1, 0.15) is 0 Å². The summed E-state index contributed by atoms with van der Waals surface area (Å²) in [4.78, 5) is 28.2. The van der Waals surface area contributed by atoms with Crippen LogP contribution in [-0.2, 0) is 24.5 Å². The monoisotopic (exact) mass is 393 g/mol. The number of ether oxygens (including phenoxy) is 2. The molecule has 1 aliphatic heterocycles. The molecular formula is C23H23NO5. The van der Waals surface area contributed by atoms with E-state index in [9.17, 15) is 14.7 Å². The van der Waals surface area contributed by atoms with Crippen molar-refractivity contribution < 1.29 is 24.2 Å². The standard InChI is InChI=1S/C23H23NO5/c1-28-22(29-2)23-15-9-5-3-7-13(15)17(14-8-4-6-10-16(14)23)18-19(23)21(27)24(11-12-25)20(18)26/h3-10,17-19,22,25H,11-12H2,1-2H3/t17?,18-,19-,23?/m1/s1. The van der Waals surface area contributed by atoms with Crippen LogP contribution in [0.1, 0.15) is 28.2 Å². The number of carbonyl (C=O) groups is 2. The van der Waals surface area contributed by atoms with Crippen molar-refractivity contribution in [2.75, 3.05) is 27.4 Å². The van der Waals surface area contributed by atoms with Crippen molar-refractivity contribution >= 4 is 11.8 Å². The highest BCUT2D eigenvalue weighted by Crippen LogP contribution is 2.65. The predicted molar refractivity (Wildman–Crippen MR) is 104 cm³/mol. The third-order valence-corrected chi connectivity index (χ3v) is 6.90. The minimum atomic E-state index is -0.937. The first-order valence-electron chi connectivity index (χ1n) is 9.83. The topological polar surface area (TPSA) is 76.1 Å². The van der Waals surface area contributed by atoms with E-state index in [0.29, 0.717) is 0 Å². The molecule has 0 spiro atoms. The van der Waals surface area contributed by atoms with E-state index in [0.717, 1.165) is 22.3 Å². The van der Waals surface area contributed by atoms with Gasteiger partial charge in [0, 0.05) is 20.1 Å². The number of hydrogen-bond acceptors (Lipinski definition) is 5. The lowest BCUT2D eigenvalue weighted by atomic mass is 9.47. The third-order valence-electron chi connectivity index (χ3n) is 6.90. The van der Waals surface area contributed by atoms with E-state index in [1.807, 2.05) is 48.5 Å². The number of methoxy groups -OCH3 is 2. The van der Waals surface area contributed by atoms with Crippen LogP contribution >= 0.6 is 0 Å². The number of aliphatic hydroxyl groups excluding tert-OH is 1. The first-order chi connectivity index (χ1) is 14.1. The second-order valence-electron chi connectivity index (χ2n) is 7.88. The molecule has 6 rings (SSSR count). The molecule has 0 unspecified atom stereocenters. The van der Waals surface area contributed by atoms with Gasteiger partial charge < -0.3 is 14.6 Å². The highest BCUT2D eigenvalue weighted by molar-refractivity contribution is 6.08. The Morgan fingerprint density at radius 2 is 1.52 bits per heavy atom. The minimum Gasteiger partial charge on any atom is -0.395 e. The number of imide groups is 1. The molecule has 6 nitrogen and oxygen atoms in total. The number of β-amino-alcohol motifs (C(OH)–C–C–N with tert-alkyl or cyclic N) is 1. The SMILES string of the molecule is COC(OC)C12c3ccccc3C(c3ccccc31)[C@H]1C(=O)N(CCO)C(=O)[C@@H]12. The first kappa shape index (κ1) is 18.5. The lowest BCUT2D eigenvalue weighted by Crippen LogP contribution is -2.60. The molecule has 1 N–H and O–H groups in total. The van der Waals surface area contributed by atoms with Gasteiger partial charge in [0.15, 0.2) is 6.29 Å². The minimum absolute atomic E-state index is 0.00475.